The lowest BCUT2D eigenvalue weighted by Crippen LogP contribution is -2.14. The monoisotopic (exact) mass is 367 g/mol. The van der Waals surface area contributed by atoms with Gasteiger partial charge in [-0.1, -0.05) is 38.1 Å². The van der Waals surface area contributed by atoms with Crippen LogP contribution in [0.2, 0.25) is 0 Å². The fourth-order valence-corrected chi connectivity index (χ4v) is 3.97. The second-order valence-electron chi connectivity index (χ2n) is 6.38. The van der Waals surface area contributed by atoms with Crippen molar-refractivity contribution < 1.29 is 4.74 Å². The number of hydrogen-bond donors (Lipinski definition) is 1. The molecule has 0 amide bonds. The standard InChI is InChI=1S/C22H25NO2S/c1-5-11-25-18-12-16-9-7-8-10-17(16)20-21(18)23-14(3)19(22(20)24)15(6-2)13-26-4/h7-10,12-13H,5-6,11H2,1-4H3,(H,23,24)/b15-13+. The average Bonchev–Trinajstić information content (AvgIpc) is 2.65. The summed E-state index contributed by atoms with van der Waals surface area (Å²) >= 11 is 1.63. The number of aromatic amines is 1. The third-order valence-corrected chi connectivity index (χ3v) is 5.10. The Balaban J connectivity index is 2.45. The maximum absolute atomic E-state index is 13.5. The molecule has 0 atom stereocenters. The molecular formula is C22H25NO2S. The molecule has 0 aliphatic rings. The lowest BCUT2D eigenvalue weighted by atomic mass is 9.97. The molecule has 0 aliphatic heterocycles. The first-order chi connectivity index (χ1) is 12.6. The molecule has 0 saturated heterocycles. The van der Waals surface area contributed by atoms with Gasteiger partial charge >= 0.3 is 0 Å². The maximum Gasteiger partial charge on any atom is 0.197 e. The van der Waals surface area contributed by atoms with E-state index >= 15 is 0 Å². The van der Waals surface area contributed by atoms with Gasteiger partial charge in [-0.3, -0.25) is 4.79 Å². The number of aromatic nitrogens is 1. The molecule has 0 saturated carbocycles. The smallest absolute Gasteiger partial charge is 0.197 e. The second kappa shape index (κ2) is 8.00. The molecule has 3 rings (SSSR count). The average molecular weight is 368 g/mol. The molecule has 1 N–H and O–H groups in total. The molecule has 0 unspecified atom stereocenters. The molecular weight excluding hydrogens is 342 g/mol. The van der Waals surface area contributed by atoms with Gasteiger partial charge in [0.25, 0.3) is 0 Å². The van der Waals surface area contributed by atoms with Crippen LogP contribution in [0.4, 0.5) is 0 Å². The summed E-state index contributed by atoms with van der Waals surface area (Å²) in [5.74, 6) is 0.749. The Morgan fingerprint density at radius 1 is 1.27 bits per heavy atom. The van der Waals surface area contributed by atoms with E-state index < -0.39 is 0 Å². The Kier molecular flexibility index (Phi) is 5.72. The fraction of sp³-hybridized carbons (Fsp3) is 0.318. The summed E-state index contributed by atoms with van der Waals surface area (Å²) in [6.45, 7) is 6.77. The predicted molar refractivity (Wildman–Crippen MR) is 114 cm³/mol. The van der Waals surface area contributed by atoms with E-state index in [1.54, 1.807) is 11.8 Å². The first kappa shape index (κ1) is 18.6. The molecule has 0 fully saturated rings. The molecule has 3 nitrogen and oxygen atoms in total. The number of rotatable bonds is 6. The molecule has 0 bridgehead atoms. The largest absolute Gasteiger partial charge is 0.491 e. The summed E-state index contributed by atoms with van der Waals surface area (Å²) in [5, 5.41) is 4.78. The van der Waals surface area contributed by atoms with Crippen molar-refractivity contribution in [2.45, 2.75) is 33.6 Å². The maximum atomic E-state index is 13.5. The highest BCUT2D eigenvalue weighted by atomic mass is 32.2. The summed E-state index contributed by atoms with van der Waals surface area (Å²) < 4.78 is 5.97. The van der Waals surface area contributed by atoms with E-state index in [4.69, 9.17) is 4.74 Å². The van der Waals surface area contributed by atoms with Crippen LogP contribution in [0.25, 0.3) is 27.2 Å². The van der Waals surface area contributed by atoms with Crippen LogP contribution in [0.1, 0.15) is 37.9 Å². The number of hydrogen-bond acceptors (Lipinski definition) is 3. The minimum atomic E-state index is 0.0801. The number of H-pyrrole nitrogens is 1. The minimum Gasteiger partial charge on any atom is -0.491 e. The van der Waals surface area contributed by atoms with Crippen molar-refractivity contribution in [3.8, 4) is 5.75 Å². The zero-order valence-corrected chi connectivity index (χ0v) is 16.6. The molecule has 4 heteroatoms. The first-order valence-electron chi connectivity index (χ1n) is 9.05. The normalized spacial score (nSPS) is 12.1. The third kappa shape index (κ3) is 3.26. The number of fused-ring (bicyclic) bond motifs is 3. The number of allylic oxidation sites excluding steroid dienone is 1. The van der Waals surface area contributed by atoms with Gasteiger partial charge in [-0.2, -0.15) is 0 Å². The Morgan fingerprint density at radius 3 is 2.73 bits per heavy atom. The van der Waals surface area contributed by atoms with Crippen LogP contribution in [0.15, 0.2) is 40.5 Å². The van der Waals surface area contributed by atoms with Gasteiger partial charge in [0.2, 0.25) is 0 Å². The lowest BCUT2D eigenvalue weighted by molar-refractivity contribution is 0.321. The third-order valence-electron chi connectivity index (χ3n) is 4.58. The highest BCUT2D eigenvalue weighted by molar-refractivity contribution is 8.01. The van der Waals surface area contributed by atoms with Crippen LogP contribution in [0.3, 0.4) is 0 Å². The van der Waals surface area contributed by atoms with Crippen molar-refractivity contribution in [3.63, 3.8) is 0 Å². The molecule has 0 spiro atoms. The Labute approximate surface area is 158 Å². The van der Waals surface area contributed by atoms with Crippen LogP contribution in [0.5, 0.6) is 5.75 Å². The van der Waals surface area contributed by atoms with Crippen LogP contribution in [-0.2, 0) is 0 Å². The van der Waals surface area contributed by atoms with Gasteiger partial charge in [-0.25, -0.2) is 0 Å². The van der Waals surface area contributed by atoms with Crippen molar-refractivity contribution in [3.05, 3.63) is 57.2 Å². The van der Waals surface area contributed by atoms with E-state index in [0.29, 0.717) is 6.61 Å². The van der Waals surface area contributed by atoms with Gasteiger partial charge in [0.05, 0.1) is 17.5 Å². The quantitative estimate of drug-likeness (QED) is 0.552. The first-order valence-corrected chi connectivity index (χ1v) is 10.3. The zero-order valence-electron chi connectivity index (χ0n) is 15.8. The SMILES string of the molecule is CCCOc1cc2ccccc2c2c(=O)c(/C(=C/SC)CC)c(C)[nH]c12. The summed E-state index contributed by atoms with van der Waals surface area (Å²) in [6, 6.07) is 10.0. The lowest BCUT2D eigenvalue weighted by Gasteiger charge is -2.15. The molecule has 1 aromatic heterocycles. The van der Waals surface area contributed by atoms with E-state index in [-0.39, 0.29) is 5.43 Å². The van der Waals surface area contributed by atoms with Gasteiger partial charge in [-0.15, -0.1) is 11.8 Å². The number of aryl methyl sites for hydroxylation is 1. The second-order valence-corrected chi connectivity index (χ2v) is 7.09. The van der Waals surface area contributed by atoms with E-state index in [0.717, 1.165) is 57.1 Å². The summed E-state index contributed by atoms with van der Waals surface area (Å²) in [7, 11) is 0. The van der Waals surface area contributed by atoms with Crippen LogP contribution in [-0.4, -0.2) is 17.8 Å². The van der Waals surface area contributed by atoms with E-state index in [9.17, 15) is 4.79 Å². The Bertz CT molecular complexity index is 1030. The number of benzene rings is 2. The highest BCUT2D eigenvalue weighted by Gasteiger charge is 2.17. The molecule has 26 heavy (non-hydrogen) atoms. The molecule has 0 radical (unpaired) electrons. The minimum absolute atomic E-state index is 0.0801. The Hall–Kier alpha value is -2.20. The number of thioether (sulfide) groups is 1. The summed E-state index contributed by atoms with van der Waals surface area (Å²) in [5.41, 5.74) is 3.62. The van der Waals surface area contributed by atoms with Crippen molar-refractivity contribution >= 4 is 39.0 Å². The van der Waals surface area contributed by atoms with Crippen LogP contribution < -0.4 is 10.2 Å². The van der Waals surface area contributed by atoms with Gasteiger partial charge in [0.15, 0.2) is 5.43 Å². The van der Waals surface area contributed by atoms with Crippen LogP contribution >= 0.6 is 11.8 Å². The van der Waals surface area contributed by atoms with Crippen molar-refractivity contribution in [2.75, 3.05) is 12.9 Å². The summed E-state index contributed by atoms with van der Waals surface area (Å²) in [4.78, 5) is 17.0. The molecule has 136 valence electrons. The number of pyridine rings is 1. The van der Waals surface area contributed by atoms with E-state index in [1.165, 1.54) is 0 Å². The van der Waals surface area contributed by atoms with Gasteiger partial charge in [-0.05, 0) is 53.8 Å². The van der Waals surface area contributed by atoms with Gasteiger partial charge in [0, 0.05) is 11.3 Å². The summed E-state index contributed by atoms with van der Waals surface area (Å²) in [6.07, 6.45) is 3.76. The number of nitrogens with one attached hydrogen (secondary N) is 1. The van der Waals surface area contributed by atoms with Gasteiger partial charge < -0.3 is 9.72 Å². The van der Waals surface area contributed by atoms with E-state index in [2.05, 4.69) is 24.2 Å². The fourth-order valence-electron chi connectivity index (χ4n) is 3.40. The predicted octanol–water partition coefficient (Wildman–Crippen LogP) is 5.89. The van der Waals surface area contributed by atoms with Gasteiger partial charge in [0.1, 0.15) is 5.75 Å². The van der Waals surface area contributed by atoms with Crippen molar-refractivity contribution in [1.29, 1.82) is 0 Å². The molecule has 1 heterocycles. The highest BCUT2D eigenvalue weighted by Crippen LogP contribution is 2.33. The topological polar surface area (TPSA) is 42.1 Å². The van der Waals surface area contributed by atoms with E-state index in [1.807, 2.05) is 43.5 Å². The Morgan fingerprint density at radius 2 is 2.04 bits per heavy atom. The zero-order chi connectivity index (χ0) is 18.7. The molecule has 3 aromatic rings. The van der Waals surface area contributed by atoms with Crippen molar-refractivity contribution in [2.24, 2.45) is 0 Å². The number of ether oxygens (including phenoxy) is 1. The van der Waals surface area contributed by atoms with Crippen molar-refractivity contribution in [1.82, 2.24) is 4.98 Å². The van der Waals surface area contributed by atoms with Crippen LogP contribution in [0, 0.1) is 6.92 Å². The molecule has 2 aromatic carbocycles. The molecule has 0 aliphatic carbocycles.